The van der Waals surface area contributed by atoms with Gasteiger partial charge in [-0.15, -0.1) is 21.5 Å². The molecule has 3 heterocycles. The summed E-state index contributed by atoms with van der Waals surface area (Å²) >= 11 is 3.69. The Balaban J connectivity index is 1.40. The second-order valence-electron chi connectivity index (χ2n) is 7.07. The van der Waals surface area contributed by atoms with Gasteiger partial charge in [0.25, 0.3) is 5.91 Å². The molecule has 0 radical (unpaired) electrons. The van der Waals surface area contributed by atoms with Crippen LogP contribution in [0.25, 0.3) is 5.69 Å². The number of carbonyl (C=O) groups excluding carboxylic acids is 2. The van der Waals surface area contributed by atoms with E-state index in [1.165, 1.54) is 39.9 Å². The van der Waals surface area contributed by atoms with Gasteiger partial charge >= 0.3 is 0 Å². The highest BCUT2D eigenvalue weighted by Gasteiger charge is 2.21. The molecule has 0 atom stereocenters. The maximum absolute atomic E-state index is 13.3. The molecule has 3 aromatic heterocycles. The first-order valence-corrected chi connectivity index (χ1v) is 13.1. The number of anilines is 2. The number of hydrogen-bond acceptors (Lipinski definition) is 10. The van der Waals surface area contributed by atoms with Crippen molar-refractivity contribution in [2.24, 2.45) is 0 Å². The number of ether oxygens (including phenoxy) is 1. The molecular formula is C21H20FN7O3S3. The van der Waals surface area contributed by atoms with Crippen LogP contribution in [0.4, 0.5) is 14.7 Å². The van der Waals surface area contributed by atoms with E-state index in [2.05, 4.69) is 30.9 Å². The Kier molecular flexibility index (Phi) is 8.05. The predicted molar refractivity (Wildman–Crippen MR) is 133 cm³/mol. The number of aryl methyl sites for hydroxylation is 1. The van der Waals surface area contributed by atoms with Gasteiger partial charge in [-0.25, -0.2) is 14.1 Å². The molecule has 14 heteroatoms. The van der Waals surface area contributed by atoms with E-state index in [0.717, 1.165) is 23.5 Å². The van der Waals surface area contributed by atoms with Crippen LogP contribution >= 0.6 is 34.4 Å². The zero-order valence-corrected chi connectivity index (χ0v) is 21.1. The van der Waals surface area contributed by atoms with Gasteiger partial charge in [-0.05, 0) is 37.6 Å². The second kappa shape index (κ2) is 11.4. The Morgan fingerprint density at radius 2 is 1.97 bits per heavy atom. The molecule has 182 valence electrons. The molecule has 0 aliphatic carbocycles. The van der Waals surface area contributed by atoms with Crippen molar-refractivity contribution in [2.75, 3.05) is 23.0 Å². The third-order valence-corrected chi connectivity index (χ3v) is 7.12. The van der Waals surface area contributed by atoms with Crippen LogP contribution in [-0.2, 0) is 4.79 Å². The fourth-order valence-electron chi connectivity index (χ4n) is 2.73. The van der Waals surface area contributed by atoms with E-state index in [0.29, 0.717) is 27.5 Å². The van der Waals surface area contributed by atoms with E-state index in [-0.39, 0.29) is 28.3 Å². The Hall–Kier alpha value is -3.36. The number of thiazole rings is 1. The number of nitrogens with one attached hydrogen (secondary N) is 2. The third kappa shape index (κ3) is 6.61. The molecule has 0 saturated heterocycles. The molecular weight excluding hydrogens is 513 g/mol. The molecule has 10 nitrogen and oxygen atoms in total. The fourth-order valence-corrected chi connectivity index (χ4v) is 4.98. The Bertz CT molecular complexity index is 1320. The molecule has 4 rings (SSSR count). The van der Waals surface area contributed by atoms with Crippen molar-refractivity contribution in [3.8, 4) is 11.4 Å². The lowest BCUT2D eigenvalue weighted by Gasteiger charge is -2.03. The summed E-state index contributed by atoms with van der Waals surface area (Å²) in [5.41, 5.74) is 1.48. The van der Waals surface area contributed by atoms with Crippen molar-refractivity contribution >= 4 is 56.5 Å². The summed E-state index contributed by atoms with van der Waals surface area (Å²) in [4.78, 5) is 29.2. The quantitative estimate of drug-likeness (QED) is 0.227. The summed E-state index contributed by atoms with van der Waals surface area (Å²) in [5.74, 6) is -0.696. The van der Waals surface area contributed by atoms with Gasteiger partial charge in [0.2, 0.25) is 11.0 Å². The molecule has 0 spiro atoms. The molecule has 2 amide bonds. The predicted octanol–water partition coefficient (Wildman–Crippen LogP) is 4.40. The number of aromatic nitrogens is 5. The molecule has 0 aliphatic rings. The smallest absolute Gasteiger partial charge is 0.281 e. The molecule has 4 aromatic rings. The number of carbonyl (C=O) groups is 2. The highest BCUT2D eigenvalue weighted by atomic mass is 32.2. The largest absolute Gasteiger partial charge is 0.489 e. The topological polar surface area (TPSA) is 124 Å². The minimum Gasteiger partial charge on any atom is -0.489 e. The fraction of sp³-hybridized carbons (Fsp3) is 0.238. The highest BCUT2D eigenvalue weighted by Crippen LogP contribution is 2.27. The summed E-state index contributed by atoms with van der Waals surface area (Å²) < 4.78 is 20.9. The van der Waals surface area contributed by atoms with Crippen molar-refractivity contribution in [3.63, 3.8) is 0 Å². The van der Waals surface area contributed by atoms with Crippen molar-refractivity contribution in [3.05, 3.63) is 53.0 Å². The van der Waals surface area contributed by atoms with E-state index < -0.39 is 5.91 Å². The summed E-state index contributed by atoms with van der Waals surface area (Å²) in [7, 11) is 0. The van der Waals surface area contributed by atoms with Crippen LogP contribution in [-0.4, -0.2) is 49.1 Å². The first-order valence-electron chi connectivity index (χ1n) is 10.4. The minimum absolute atomic E-state index is 0.0605. The Labute approximate surface area is 211 Å². The number of halogens is 1. The lowest BCUT2D eigenvalue weighted by atomic mass is 10.3. The van der Waals surface area contributed by atoms with Gasteiger partial charge in [-0.1, -0.05) is 30.0 Å². The van der Waals surface area contributed by atoms with Gasteiger partial charge in [0, 0.05) is 5.38 Å². The van der Waals surface area contributed by atoms with E-state index in [4.69, 9.17) is 4.74 Å². The molecule has 0 aliphatic heterocycles. The standard InChI is InChI=1S/C21H20FN7O3S3/c1-3-8-32-15-9-29(14-6-4-13(22)5-7-14)28-17(15)18(31)25-20-26-27-21(35-20)34-11-16(30)24-19-23-12(2)10-33-19/h4-7,9-10H,3,8,11H2,1-2H3,(H,23,24,30)(H,25,26,31). The van der Waals surface area contributed by atoms with Gasteiger partial charge < -0.3 is 10.1 Å². The summed E-state index contributed by atoms with van der Waals surface area (Å²) in [6.45, 7) is 4.20. The average Bonchev–Trinajstić information content (AvgIpc) is 3.57. The van der Waals surface area contributed by atoms with Crippen LogP contribution in [0.1, 0.15) is 29.5 Å². The maximum atomic E-state index is 13.3. The lowest BCUT2D eigenvalue weighted by molar-refractivity contribution is -0.113. The lowest BCUT2D eigenvalue weighted by Crippen LogP contribution is -2.14. The van der Waals surface area contributed by atoms with Gasteiger partial charge in [-0.2, -0.15) is 5.10 Å². The van der Waals surface area contributed by atoms with E-state index >= 15 is 0 Å². The molecule has 0 saturated carbocycles. The number of amides is 2. The number of nitrogens with zero attached hydrogens (tertiary/aromatic N) is 5. The average molecular weight is 534 g/mol. The highest BCUT2D eigenvalue weighted by molar-refractivity contribution is 8.01. The van der Waals surface area contributed by atoms with Crippen LogP contribution < -0.4 is 15.4 Å². The molecule has 35 heavy (non-hydrogen) atoms. The zero-order chi connectivity index (χ0) is 24.8. The zero-order valence-electron chi connectivity index (χ0n) is 18.6. The van der Waals surface area contributed by atoms with Crippen LogP contribution in [0.2, 0.25) is 0 Å². The van der Waals surface area contributed by atoms with Crippen LogP contribution in [0.5, 0.6) is 5.75 Å². The van der Waals surface area contributed by atoms with Crippen molar-refractivity contribution in [1.29, 1.82) is 0 Å². The molecule has 2 N–H and O–H groups in total. The van der Waals surface area contributed by atoms with Crippen molar-refractivity contribution in [1.82, 2.24) is 25.0 Å². The van der Waals surface area contributed by atoms with E-state index in [1.807, 2.05) is 19.2 Å². The number of thioether (sulfide) groups is 1. The number of benzene rings is 1. The first-order chi connectivity index (χ1) is 16.9. The molecule has 1 aromatic carbocycles. The second-order valence-corrected chi connectivity index (χ2v) is 10.1. The molecule has 0 bridgehead atoms. The maximum Gasteiger partial charge on any atom is 0.281 e. The summed E-state index contributed by atoms with van der Waals surface area (Å²) in [6, 6.07) is 5.71. The Morgan fingerprint density at radius 1 is 1.17 bits per heavy atom. The summed E-state index contributed by atoms with van der Waals surface area (Å²) in [5, 5.41) is 20.3. The van der Waals surface area contributed by atoms with Gasteiger partial charge in [0.15, 0.2) is 20.9 Å². The van der Waals surface area contributed by atoms with Crippen LogP contribution in [0.3, 0.4) is 0 Å². The SMILES string of the molecule is CCCOc1cn(-c2ccc(F)cc2)nc1C(=O)Nc1nnc(SCC(=O)Nc2nc(C)cs2)s1. The van der Waals surface area contributed by atoms with Gasteiger partial charge in [0.05, 0.1) is 29.9 Å². The minimum atomic E-state index is -0.526. The monoisotopic (exact) mass is 533 g/mol. The van der Waals surface area contributed by atoms with Crippen LogP contribution in [0.15, 0.2) is 40.2 Å². The third-order valence-electron chi connectivity index (χ3n) is 4.27. The number of hydrogen-bond donors (Lipinski definition) is 2. The first kappa shape index (κ1) is 24.8. The van der Waals surface area contributed by atoms with Gasteiger partial charge in [-0.3, -0.25) is 14.9 Å². The van der Waals surface area contributed by atoms with Crippen LogP contribution in [0, 0.1) is 12.7 Å². The van der Waals surface area contributed by atoms with E-state index in [9.17, 15) is 14.0 Å². The molecule has 0 fully saturated rings. The van der Waals surface area contributed by atoms with Crippen molar-refractivity contribution < 1.29 is 18.7 Å². The summed E-state index contributed by atoms with van der Waals surface area (Å²) in [6.07, 6.45) is 2.32. The van der Waals surface area contributed by atoms with Crippen molar-refractivity contribution in [2.45, 2.75) is 24.6 Å². The number of rotatable bonds is 10. The molecule has 0 unspecified atom stereocenters. The Morgan fingerprint density at radius 3 is 2.69 bits per heavy atom. The van der Waals surface area contributed by atoms with E-state index in [1.54, 1.807) is 18.3 Å². The normalized spacial score (nSPS) is 10.8. The van der Waals surface area contributed by atoms with Gasteiger partial charge in [0.1, 0.15) is 5.82 Å².